The predicted molar refractivity (Wildman–Crippen MR) is 90.4 cm³/mol. The van der Waals surface area contributed by atoms with Gasteiger partial charge in [-0.05, 0) is 19.7 Å². The molecule has 1 aliphatic heterocycles. The smallest absolute Gasteiger partial charge is 0.264 e. The van der Waals surface area contributed by atoms with E-state index in [1.807, 2.05) is 0 Å². The van der Waals surface area contributed by atoms with Crippen molar-refractivity contribution in [3.8, 4) is 0 Å². The number of nitrogens with zero attached hydrogens (tertiary/aromatic N) is 3. The van der Waals surface area contributed by atoms with E-state index in [1.54, 1.807) is 11.8 Å². The molecular weight excluding hydrogens is 330 g/mol. The lowest BCUT2D eigenvalue weighted by molar-refractivity contribution is 0.0306. The van der Waals surface area contributed by atoms with Gasteiger partial charge in [0.1, 0.15) is 11.4 Å². The second-order valence-corrected chi connectivity index (χ2v) is 6.21. The van der Waals surface area contributed by atoms with Crippen LogP contribution in [0.4, 0.5) is 0 Å². The maximum atomic E-state index is 12.6. The molecule has 0 aromatic carbocycles. The van der Waals surface area contributed by atoms with E-state index in [1.165, 1.54) is 12.3 Å². The van der Waals surface area contributed by atoms with Gasteiger partial charge in [-0.1, -0.05) is 0 Å². The minimum absolute atomic E-state index is 0.0341. The van der Waals surface area contributed by atoms with Crippen LogP contribution in [-0.4, -0.2) is 61.6 Å². The van der Waals surface area contributed by atoms with E-state index in [-0.39, 0.29) is 27.7 Å². The first kappa shape index (κ1) is 16.4. The highest BCUT2D eigenvalue weighted by Crippen LogP contribution is 2.34. The third-order valence-electron chi connectivity index (χ3n) is 3.76. The summed E-state index contributed by atoms with van der Waals surface area (Å²) in [7, 11) is 0. The molecule has 1 amide bonds. The molecule has 0 N–H and O–H groups in total. The number of aliphatic imine (C=N–C) groups is 2. The van der Waals surface area contributed by atoms with Crippen molar-refractivity contribution in [1.82, 2.24) is 4.90 Å². The third kappa shape index (κ3) is 2.63. The number of allylic oxidation sites excluding steroid dienone is 2. The van der Waals surface area contributed by atoms with Crippen LogP contribution in [0, 0.1) is 0 Å². The molecule has 7 nitrogen and oxygen atoms in total. The summed E-state index contributed by atoms with van der Waals surface area (Å²) in [5.74, 6) is -1.04. The zero-order valence-corrected chi connectivity index (χ0v) is 13.9. The molecule has 1 aromatic rings. The van der Waals surface area contributed by atoms with Crippen molar-refractivity contribution in [2.24, 2.45) is 9.98 Å². The Morgan fingerprint density at radius 2 is 2.00 bits per heavy atom. The van der Waals surface area contributed by atoms with Gasteiger partial charge in [0.2, 0.25) is 11.6 Å². The Hall–Kier alpha value is -2.45. The molecule has 0 spiro atoms. The van der Waals surface area contributed by atoms with Crippen LogP contribution in [0.15, 0.2) is 27.4 Å². The van der Waals surface area contributed by atoms with Crippen molar-refractivity contribution >= 4 is 41.7 Å². The minimum atomic E-state index is -0.425. The fourth-order valence-corrected chi connectivity index (χ4v) is 3.67. The predicted octanol–water partition coefficient (Wildman–Crippen LogP) is 1.60. The third-order valence-corrected chi connectivity index (χ3v) is 4.88. The summed E-state index contributed by atoms with van der Waals surface area (Å²) in [5, 5.41) is 0. The van der Waals surface area contributed by atoms with Gasteiger partial charge in [0, 0.05) is 24.9 Å². The van der Waals surface area contributed by atoms with Crippen LogP contribution in [0.1, 0.15) is 36.6 Å². The van der Waals surface area contributed by atoms with Crippen LogP contribution in [0.25, 0.3) is 0 Å². The molecule has 0 atom stereocenters. The van der Waals surface area contributed by atoms with Gasteiger partial charge in [0.15, 0.2) is 0 Å². The average Bonchev–Trinajstić information content (AvgIpc) is 3.06. The Bertz CT molecular complexity index is 800. The number of fused-ring (bicyclic) bond motifs is 1. The van der Waals surface area contributed by atoms with Crippen molar-refractivity contribution in [3.63, 3.8) is 0 Å². The number of carbonyl (C=O) groups excluding carboxylic acids is 3. The van der Waals surface area contributed by atoms with E-state index >= 15 is 0 Å². The van der Waals surface area contributed by atoms with Gasteiger partial charge in [0.05, 0.1) is 23.0 Å². The van der Waals surface area contributed by atoms with Crippen molar-refractivity contribution in [2.45, 2.75) is 6.92 Å². The van der Waals surface area contributed by atoms with E-state index in [4.69, 9.17) is 4.74 Å². The molecule has 124 valence electrons. The van der Waals surface area contributed by atoms with Gasteiger partial charge < -0.3 is 9.64 Å². The maximum Gasteiger partial charge on any atom is 0.264 e. The van der Waals surface area contributed by atoms with Crippen molar-refractivity contribution in [1.29, 1.82) is 0 Å². The lowest BCUT2D eigenvalue weighted by atomic mass is 9.97. The standard InChI is InChI=1S/C16H15N3O4S/c1-3-18-12-11(17-2)14(21)15-9(13(12)20)8-10(24-15)16(22)19-4-6-23-7-5-19/h3,8H,2,4-7H2,1H3. The summed E-state index contributed by atoms with van der Waals surface area (Å²) in [4.78, 5) is 47.5. The summed E-state index contributed by atoms with van der Waals surface area (Å²) >= 11 is 1.01. The van der Waals surface area contributed by atoms with Gasteiger partial charge in [-0.2, -0.15) is 0 Å². The van der Waals surface area contributed by atoms with Crippen molar-refractivity contribution in [2.75, 3.05) is 26.3 Å². The summed E-state index contributed by atoms with van der Waals surface area (Å²) in [6.07, 6.45) is 1.42. The van der Waals surface area contributed by atoms with Crippen LogP contribution in [0.3, 0.4) is 0 Å². The molecule has 2 heterocycles. The molecule has 0 radical (unpaired) electrons. The van der Waals surface area contributed by atoms with Gasteiger partial charge in [-0.3, -0.25) is 24.4 Å². The van der Waals surface area contributed by atoms with E-state index < -0.39 is 11.6 Å². The van der Waals surface area contributed by atoms with Gasteiger partial charge >= 0.3 is 0 Å². The first-order valence-electron chi connectivity index (χ1n) is 7.38. The fourth-order valence-electron chi connectivity index (χ4n) is 2.60. The number of ether oxygens (including phenoxy) is 1. The zero-order valence-electron chi connectivity index (χ0n) is 13.1. The molecular formula is C16H15N3O4S. The summed E-state index contributed by atoms with van der Waals surface area (Å²) in [6, 6.07) is 1.48. The second kappa shape index (κ2) is 6.58. The first-order chi connectivity index (χ1) is 11.6. The largest absolute Gasteiger partial charge is 0.378 e. The topological polar surface area (TPSA) is 88.4 Å². The highest BCUT2D eigenvalue weighted by atomic mass is 32.1. The van der Waals surface area contributed by atoms with E-state index in [0.29, 0.717) is 31.2 Å². The molecule has 0 bridgehead atoms. The highest BCUT2D eigenvalue weighted by molar-refractivity contribution is 7.16. The van der Waals surface area contributed by atoms with Crippen LogP contribution in [0.2, 0.25) is 0 Å². The molecule has 2 aliphatic rings. The number of morpholine rings is 1. The molecule has 1 saturated heterocycles. The zero-order chi connectivity index (χ0) is 17.3. The molecule has 0 saturated carbocycles. The van der Waals surface area contributed by atoms with E-state index in [0.717, 1.165) is 11.3 Å². The summed E-state index contributed by atoms with van der Waals surface area (Å²) in [5.41, 5.74) is 0.0978. The lowest BCUT2D eigenvalue weighted by Gasteiger charge is -2.26. The molecule has 0 unspecified atom stereocenters. The molecule has 24 heavy (non-hydrogen) atoms. The van der Waals surface area contributed by atoms with Crippen LogP contribution < -0.4 is 0 Å². The van der Waals surface area contributed by atoms with Crippen LogP contribution in [-0.2, 0) is 4.74 Å². The number of hydrogen-bond donors (Lipinski definition) is 0. The number of Topliss-reactive ketones (excluding diaryl/α,β-unsaturated/α-hetero) is 2. The lowest BCUT2D eigenvalue weighted by Crippen LogP contribution is -2.40. The number of ketones is 2. The van der Waals surface area contributed by atoms with Crippen molar-refractivity contribution < 1.29 is 19.1 Å². The first-order valence-corrected chi connectivity index (χ1v) is 8.20. The Morgan fingerprint density at radius 1 is 1.29 bits per heavy atom. The number of rotatable bonds is 3. The SMILES string of the molecule is C=NC1=C(N=CC)C(=O)c2cc(C(=O)N3CCOCC3)sc2C1=O. The number of carbonyl (C=O) groups is 3. The monoisotopic (exact) mass is 345 g/mol. The maximum absolute atomic E-state index is 12.6. The van der Waals surface area contributed by atoms with Crippen molar-refractivity contribution in [3.05, 3.63) is 32.8 Å². The molecule has 3 rings (SSSR count). The Balaban J connectivity index is 2.00. The summed E-state index contributed by atoms with van der Waals surface area (Å²) < 4.78 is 5.23. The quantitative estimate of drug-likeness (QED) is 0.779. The number of thiophene rings is 1. The molecule has 1 aromatic heterocycles. The number of hydrogen-bond acceptors (Lipinski definition) is 7. The molecule has 1 aliphatic carbocycles. The molecule has 1 fully saturated rings. The van der Waals surface area contributed by atoms with Gasteiger partial charge in [-0.15, -0.1) is 11.3 Å². The Labute approximate surface area is 142 Å². The highest BCUT2D eigenvalue weighted by Gasteiger charge is 2.35. The van der Waals surface area contributed by atoms with Gasteiger partial charge in [-0.25, -0.2) is 0 Å². The molecule has 8 heteroatoms. The number of amides is 1. The van der Waals surface area contributed by atoms with E-state index in [2.05, 4.69) is 16.7 Å². The minimum Gasteiger partial charge on any atom is -0.378 e. The van der Waals surface area contributed by atoms with Crippen LogP contribution in [0.5, 0.6) is 0 Å². The summed E-state index contributed by atoms with van der Waals surface area (Å²) in [6.45, 7) is 6.94. The fraction of sp³-hybridized carbons (Fsp3) is 0.312. The Morgan fingerprint density at radius 3 is 2.62 bits per heavy atom. The Kier molecular flexibility index (Phi) is 4.50. The second-order valence-electron chi connectivity index (χ2n) is 5.16. The average molecular weight is 345 g/mol. The van der Waals surface area contributed by atoms with Gasteiger partial charge in [0.25, 0.3) is 5.91 Å². The van der Waals surface area contributed by atoms with E-state index in [9.17, 15) is 14.4 Å². The normalized spacial score (nSPS) is 18.3. The van der Waals surface area contributed by atoms with Crippen LogP contribution >= 0.6 is 11.3 Å².